The maximum Gasteiger partial charge on any atom is 0.303 e. The van der Waals surface area contributed by atoms with Crippen LogP contribution in [0.3, 0.4) is 0 Å². The Morgan fingerprint density at radius 1 is 0.744 bits per heavy atom. The number of carboxylic acid groups (broad SMARTS) is 1. The van der Waals surface area contributed by atoms with Crippen molar-refractivity contribution in [2.24, 2.45) is 17.4 Å². The van der Waals surface area contributed by atoms with E-state index in [1.807, 2.05) is 39.0 Å². The first-order chi connectivity index (χ1) is 37.8. The van der Waals surface area contributed by atoms with Crippen molar-refractivity contribution >= 4 is 46.5 Å². The average molecular weight is 1070 g/mol. The minimum Gasteiger partial charge on any atom is -0.508 e. The number of terminal acetylenes is 1. The summed E-state index contributed by atoms with van der Waals surface area (Å²) >= 11 is 0. The SMILES string of the molecule is C#CCOCCOCCOCCNc1nc(N2CCN(C(=O)C(CCC(=O)O)n3cc(C(N)Cc4ccc(O)cc4)nn3)CC2)nc(N2CCN(C(=O)C(Cc3cc4ccccc4[nH]3)n3cc(C(N)CC(C)C)nn3)CC2)n1. The van der Waals surface area contributed by atoms with Crippen LogP contribution in [0.15, 0.2) is 67.0 Å². The van der Waals surface area contributed by atoms with Crippen LogP contribution in [0, 0.1) is 18.3 Å². The number of carbonyl (C=O) groups is 3. The Morgan fingerprint density at radius 2 is 1.32 bits per heavy atom. The van der Waals surface area contributed by atoms with Gasteiger partial charge in [0.05, 0.1) is 68.9 Å². The first-order valence-corrected chi connectivity index (χ1v) is 26.5. The van der Waals surface area contributed by atoms with Crippen LogP contribution in [0.2, 0.25) is 0 Å². The number of aromatic amines is 1. The molecule has 25 heteroatoms. The van der Waals surface area contributed by atoms with Gasteiger partial charge in [0.15, 0.2) is 0 Å². The molecule has 8 rings (SSSR count). The minimum absolute atomic E-state index is 0.00673. The first-order valence-electron chi connectivity index (χ1n) is 26.5. The summed E-state index contributed by atoms with van der Waals surface area (Å²) in [5, 5.41) is 41.1. The summed E-state index contributed by atoms with van der Waals surface area (Å²) in [5.74, 6) is 2.62. The van der Waals surface area contributed by atoms with Crippen LogP contribution in [0.25, 0.3) is 10.9 Å². The number of nitrogens with zero attached hydrogens (tertiary/aromatic N) is 13. The smallest absolute Gasteiger partial charge is 0.303 e. The molecular weight excluding hydrogens is 1000 g/mol. The summed E-state index contributed by atoms with van der Waals surface area (Å²) < 4.78 is 19.6. The van der Waals surface area contributed by atoms with Crippen molar-refractivity contribution in [1.82, 2.24) is 59.7 Å². The van der Waals surface area contributed by atoms with Gasteiger partial charge in [0, 0.05) is 83.0 Å². The molecule has 0 aliphatic carbocycles. The molecule has 6 heterocycles. The number of aliphatic carboxylic acids is 1. The molecular formula is C53H71N17O8. The number of hydrogen-bond donors (Lipinski definition) is 6. The molecule has 2 saturated heterocycles. The number of fused-ring (bicyclic) bond motifs is 1. The number of anilines is 3. The van der Waals surface area contributed by atoms with Crippen LogP contribution in [-0.4, -0.2) is 186 Å². The second-order valence-corrected chi connectivity index (χ2v) is 19.8. The predicted octanol–water partition coefficient (Wildman–Crippen LogP) is 2.51. The fourth-order valence-corrected chi connectivity index (χ4v) is 9.42. The van der Waals surface area contributed by atoms with E-state index < -0.39 is 24.1 Å². The summed E-state index contributed by atoms with van der Waals surface area (Å²) in [6.07, 6.45) is 9.85. The minimum atomic E-state index is -1.04. The van der Waals surface area contributed by atoms with Gasteiger partial charge in [0.2, 0.25) is 29.7 Å². The lowest BCUT2D eigenvalue weighted by molar-refractivity contribution is -0.139. The number of hydrogen-bond acceptors (Lipinski definition) is 19. The fourth-order valence-electron chi connectivity index (χ4n) is 9.42. The molecule has 0 radical (unpaired) electrons. The van der Waals surface area contributed by atoms with Crippen molar-refractivity contribution in [3.05, 3.63) is 89.6 Å². The molecule has 0 spiro atoms. The van der Waals surface area contributed by atoms with Gasteiger partial charge in [-0.1, -0.05) is 60.5 Å². The summed E-state index contributed by atoms with van der Waals surface area (Å²) in [7, 11) is 0. The highest BCUT2D eigenvalue weighted by molar-refractivity contribution is 5.83. The monoisotopic (exact) mass is 1070 g/mol. The van der Waals surface area contributed by atoms with Crippen molar-refractivity contribution in [1.29, 1.82) is 0 Å². The third-order valence-electron chi connectivity index (χ3n) is 13.6. The van der Waals surface area contributed by atoms with E-state index >= 15 is 0 Å². The van der Waals surface area contributed by atoms with Crippen LogP contribution in [0.1, 0.15) is 79.9 Å². The number of nitrogens with one attached hydrogen (secondary N) is 2. The van der Waals surface area contributed by atoms with Gasteiger partial charge in [-0.3, -0.25) is 14.4 Å². The second-order valence-electron chi connectivity index (χ2n) is 19.8. The van der Waals surface area contributed by atoms with Crippen LogP contribution < -0.4 is 26.6 Å². The van der Waals surface area contributed by atoms with Crippen LogP contribution in [-0.2, 0) is 41.4 Å². The van der Waals surface area contributed by atoms with E-state index in [0.29, 0.717) is 127 Å². The molecule has 2 aliphatic rings. The molecule has 78 heavy (non-hydrogen) atoms. The predicted molar refractivity (Wildman–Crippen MR) is 289 cm³/mol. The normalized spacial score (nSPS) is 15.6. The summed E-state index contributed by atoms with van der Waals surface area (Å²) in [6.45, 7) is 9.64. The number of phenolic OH excluding ortho intramolecular Hbond substituents is 1. The second kappa shape index (κ2) is 27.5. The zero-order valence-electron chi connectivity index (χ0n) is 44.3. The largest absolute Gasteiger partial charge is 0.508 e. The number of aromatic hydroxyl groups is 1. The van der Waals surface area contributed by atoms with Crippen molar-refractivity contribution < 1.29 is 38.8 Å². The number of nitrogens with two attached hydrogens (primary N) is 2. The summed E-state index contributed by atoms with van der Waals surface area (Å²) in [5.41, 5.74) is 16.9. The third-order valence-corrected chi connectivity index (χ3v) is 13.6. The van der Waals surface area contributed by atoms with Crippen molar-refractivity contribution in [2.45, 2.75) is 70.1 Å². The number of H-pyrrole nitrogens is 1. The molecule has 2 aromatic carbocycles. The molecule has 2 fully saturated rings. The maximum absolute atomic E-state index is 14.7. The first kappa shape index (κ1) is 56.4. The van der Waals surface area contributed by atoms with E-state index in [0.717, 1.165) is 28.6 Å². The number of rotatable bonds is 28. The Morgan fingerprint density at radius 3 is 1.92 bits per heavy atom. The van der Waals surface area contributed by atoms with Gasteiger partial charge in [-0.25, -0.2) is 9.36 Å². The molecule has 6 aromatic rings. The number of carboxylic acids is 1. The third kappa shape index (κ3) is 15.5. The van der Waals surface area contributed by atoms with Crippen molar-refractivity contribution in [3.8, 4) is 18.1 Å². The summed E-state index contributed by atoms with van der Waals surface area (Å²) in [4.78, 5) is 66.4. The van der Waals surface area contributed by atoms with Crippen LogP contribution in [0.4, 0.5) is 17.8 Å². The number of benzene rings is 2. The Hall–Kier alpha value is -7.76. The van der Waals surface area contributed by atoms with Crippen molar-refractivity contribution in [2.75, 3.05) is 114 Å². The number of carbonyl (C=O) groups excluding carboxylic acids is 2. The van der Waals surface area contributed by atoms with Gasteiger partial charge >= 0.3 is 5.97 Å². The fraction of sp³-hybridized carbons (Fsp3) is 0.509. The average Bonchev–Trinajstić information content (AvgIpc) is 4.27. The van der Waals surface area contributed by atoms with E-state index in [2.05, 4.69) is 56.8 Å². The molecule has 2 aliphatic heterocycles. The van der Waals surface area contributed by atoms with E-state index in [1.54, 1.807) is 46.2 Å². The Kier molecular flexibility index (Phi) is 19.9. The zero-order valence-corrected chi connectivity index (χ0v) is 44.3. The number of ether oxygens (including phenoxy) is 3. The van der Waals surface area contributed by atoms with Gasteiger partial charge in [0.25, 0.3) is 0 Å². The van der Waals surface area contributed by atoms with Gasteiger partial charge in [-0.05, 0) is 60.4 Å². The van der Waals surface area contributed by atoms with Crippen LogP contribution >= 0.6 is 0 Å². The van der Waals surface area contributed by atoms with E-state index in [9.17, 15) is 24.6 Å². The zero-order chi connectivity index (χ0) is 55.0. The molecule has 8 N–H and O–H groups in total. The molecule has 4 aromatic heterocycles. The number of piperazine rings is 2. The molecule has 4 unspecified atom stereocenters. The Labute approximate surface area is 452 Å². The lowest BCUT2D eigenvalue weighted by atomic mass is 10.0. The molecule has 2 amide bonds. The topological polar surface area (TPSA) is 312 Å². The number of aromatic nitrogens is 10. The van der Waals surface area contributed by atoms with Crippen molar-refractivity contribution in [3.63, 3.8) is 0 Å². The Balaban J connectivity index is 0.943. The lowest BCUT2D eigenvalue weighted by Gasteiger charge is -2.38. The van der Waals surface area contributed by atoms with E-state index in [-0.39, 0.29) is 56.1 Å². The molecule has 25 nitrogen and oxygen atoms in total. The maximum atomic E-state index is 14.7. The quantitative estimate of drug-likeness (QED) is 0.0304. The van der Waals surface area contributed by atoms with E-state index in [1.165, 1.54) is 4.68 Å². The standard InChI is InChI=1S/C53H71N17O8/c1-4-24-76-26-28-78-29-27-77-25-15-56-51-58-52(67-20-16-65(17-21-67)49(74)46(13-14-48(72)73)69-34-45(62-63-69)42(55)31-37-9-11-40(71)12-10-37)60-53(59-51)68-22-18-66(19-23-68)50(75)47(33-39-32-38-7-5-6-8-43(38)57-39)70-35-44(61-64-70)41(54)30-36(2)3/h1,5-12,32,34-36,41-42,46-47,57,71H,13-31,33,54-55H2,2-3H3,(H,72,73)(H,56,58,59,60). The molecule has 416 valence electrons. The molecule has 4 atom stereocenters. The summed E-state index contributed by atoms with van der Waals surface area (Å²) in [6, 6.07) is 14.2. The van der Waals surface area contributed by atoms with Gasteiger partial charge in [0.1, 0.15) is 24.4 Å². The highest BCUT2D eigenvalue weighted by Crippen LogP contribution is 2.27. The Bertz CT molecular complexity index is 2890. The highest BCUT2D eigenvalue weighted by Gasteiger charge is 2.34. The number of phenols is 1. The molecule has 0 bridgehead atoms. The van der Waals surface area contributed by atoms with Gasteiger partial charge in [-0.2, -0.15) is 15.0 Å². The number of amides is 2. The lowest BCUT2D eigenvalue weighted by Crippen LogP contribution is -2.52. The van der Waals surface area contributed by atoms with Gasteiger partial charge in [-0.15, -0.1) is 16.6 Å². The highest BCUT2D eigenvalue weighted by atomic mass is 16.5. The van der Waals surface area contributed by atoms with Crippen LogP contribution in [0.5, 0.6) is 5.75 Å². The van der Waals surface area contributed by atoms with E-state index in [4.69, 9.17) is 47.1 Å². The molecule has 0 saturated carbocycles. The number of para-hydroxylation sites is 1. The van der Waals surface area contributed by atoms with Gasteiger partial charge < -0.3 is 65.8 Å².